The third kappa shape index (κ3) is 4.69. The summed E-state index contributed by atoms with van der Waals surface area (Å²) in [6.45, 7) is 6.15. The van der Waals surface area contributed by atoms with Gasteiger partial charge in [0.25, 0.3) is 5.69 Å². The van der Waals surface area contributed by atoms with E-state index in [0.717, 1.165) is 12.2 Å². The van der Waals surface area contributed by atoms with Gasteiger partial charge in [-0.15, -0.1) is 0 Å². The highest BCUT2D eigenvalue weighted by Gasteiger charge is 2.16. The van der Waals surface area contributed by atoms with Crippen LogP contribution in [0.2, 0.25) is 0 Å². The lowest BCUT2D eigenvalue weighted by Crippen LogP contribution is -2.29. The monoisotopic (exact) mass is 342 g/mol. The van der Waals surface area contributed by atoms with Crippen LogP contribution in [-0.4, -0.2) is 30.5 Å². The standard InChI is InChI=1S/C18H22N4O3/c1-3-21(15-6-4-5-13(2)11-15)10-9-20-16-8-7-14(18(19)23)12-17(16)22(24)25/h4-8,11-12,20H,3,9-10H2,1-2H3,(H2,19,23). The maximum Gasteiger partial charge on any atom is 0.293 e. The molecule has 2 aromatic carbocycles. The Balaban J connectivity index is 2.07. The van der Waals surface area contributed by atoms with Crippen molar-refractivity contribution in [2.24, 2.45) is 5.73 Å². The van der Waals surface area contributed by atoms with E-state index in [-0.39, 0.29) is 11.3 Å². The van der Waals surface area contributed by atoms with Gasteiger partial charge in [-0.3, -0.25) is 14.9 Å². The molecule has 0 unspecified atom stereocenters. The van der Waals surface area contributed by atoms with Crippen LogP contribution in [0.1, 0.15) is 22.8 Å². The average molecular weight is 342 g/mol. The van der Waals surface area contributed by atoms with Crippen LogP contribution in [0.3, 0.4) is 0 Å². The van der Waals surface area contributed by atoms with Gasteiger partial charge in [0.05, 0.1) is 4.92 Å². The summed E-state index contributed by atoms with van der Waals surface area (Å²) in [5, 5.41) is 14.3. The summed E-state index contributed by atoms with van der Waals surface area (Å²) < 4.78 is 0. The Morgan fingerprint density at radius 2 is 2.04 bits per heavy atom. The molecular formula is C18H22N4O3. The van der Waals surface area contributed by atoms with Gasteiger partial charge in [0.15, 0.2) is 0 Å². The lowest BCUT2D eigenvalue weighted by Gasteiger charge is -2.24. The number of nitrogens with zero attached hydrogens (tertiary/aromatic N) is 2. The first-order valence-corrected chi connectivity index (χ1v) is 8.06. The van der Waals surface area contributed by atoms with Gasteiger partial charge in [-0.1, -0.05) is 12.1 Å². The normalized spacial score (nSPS) is 10.3. The van der Waals surface area contributed by atoms with Gasteiger partial charge in [0.1, 0.15) is 5.69 Å². The molecule has 0 saturated carbocycles. The third-order valence-electron chi connectivity index (χ3n) is 3.92. The maximum atomic E-state index is 11.2. The minimum absolute atomic E-state index is 0.118. The molecule has 0 atom stereocenters. The molecule has 7 heteroatoms. The van der Waals surface area contributed by atoms with Crippen molar-refractivity contribution in [2.45, 2.75) is 13.8 Å². The smallest absolute Gasteiger partial charge is 0.293 e. The van der Waals surface area contributed by atoms with Crippen molar-refractivity contribution in [2.75, 3.05) is 29.9 Å². The second kappa shape index (κ2) is 8.14. The van der Waals surface area contributed by atoms with E-state index in [1.807, 2.05) is 25.1 Å². The molecule has 0 aliphatic carbocycles. The molecule has 0 saturated heterocycles. The largest absolute Gasteiger partial charge is 0.378 e. The van der Waals surface area contributed by atoms with E-state index in [1.54, 1.807) is 0 Å². The van der Waals surface area contributed by atoms with Crippen LogP contribution >= 0.6 is 0 Å². The van der Waals surface area contributed by atoms with Crippen LogP contribution < -0.4 is 16.0 Å². The number of hydrogen-bond acceptors (Lipinski definition) is 5. The second-order valence-electron chi connectivity index (χ2n) is 5.70. The number of likely N-dealkylation sites (N-methyl/N-ethyl adjacent to an activating group) is 1. The number of nitrogens with two attached hydrogens (primary N) is 1. The van der Waals surface area contributed by atoms with Crippen molar-refractivity contribution >= 4 is 23.0 Å². The van der Waals surface area contributed by atoms with Crippen molar-refractivity contribution in [1.82, 2.24) is 0 Å². The molecule has 25 heavy (non-hydrogen) atoms. The van der Waals surface area contributed by atoms with Gasteiger partial charge in [-0.2, -0.15) is 0 Å². The summed E-state index contributed by atoms with van der Waals surface area (Å²) in [6, 6.07) is 12.4. The highest BCUT2D eigenvalue weighted by molar-refractivity contribution is 5.94. The number of amides is 1. The molecule has 0 spiro atoms. The molecule has 3 N–H and O–H groups in total. The van der Waals surface area contributed by atoms with Gasteiger partial charge >= 0.3 is 0 Å². The minimum Gasteiger partial charge on any atom is -0.378 e. The van der Waals surface area contributed by atoms with Crippen LogP contribution in [-0.2, 0) is 0 Å². The molecule has 132 valence electrons. The number of nitrogens with one attached hydrogen (secondary N) is 1. The van der Waals surface area contributed by atoms with Crippen LogP contribution in [0.15, 0.2) is 42.5 Å². The fourth-order valence-corrected chi connectivity index (χ4v) is 2.61. The number of rotatable bonds is 8. The number of nitro benzene ring substituents is 1. The molecule has 0 aromatic heterocycles. The van der Waals surface area contributed by atoms with E-state index in [9.17, 15) is 14.9 Å². The van der Waals surface area contributed by atoms with E-state index in [0.29, 0.717) is 18.8 Å². The van der Waals surface area contributed by atoms with Crippen molar-refractivity contribution in [3.63, 3.8) is 0 Å². The van der Waals surface area contributed by atoms with Gasteiger partial charge in [0, 0.05) is 37.0 Å². The van der Waals surface area contributed by atoms with Crippen molar-refractivity contribution < 1.29 is 9.72 Å². The zero-order chi connectivity index (χ0) is 18.4. The maximum absolute atomic E-state index is 11.2. The van der Waals surface area contributed by atoms with Crippen molar-refractivity contribution in [1.29, 1.82) is 0 Å². The number of aryl methyl sites for hydroxylation is 1. The summed E-state index contributed by atoms with van der Waals surface area (Å²) >= 11 is 0. The van der Waals surface area contributed by atoms with E-state index in [1.165, 1.54) is 23.8 Å². The molecule has 7 nitrogen and oxygen atoms in total. The second-order valence-corrected chi connectivity index (χ2v) is 5.70. The lowest BCUT2D eigenvalue weighted by atomic mass is 10.1. The SMILES string of the molecule is CCN(CCNc1ccc(C(N)=O)cc1[N+](=O)[O-])c1cccc(C)c1. The number of benzene rings is 2. The molecule has 0 radical (unpaired) electrons. The molecule has 1 amide bonds. The fraction of sp³-hybridized carbons (Fsp3) is 0.278. The molecular weight excluding hydrogens is 320 g/mol. The summed E-state index contributed by atoms with van der Waals surface area (Å²) in [6.07, 6.45) is 0. The highest BCUT2D eigenvalue weighted by Crippen LogP contribution is 2.25. The van der Waals surface area contributed by atoms with Crippen LogP contribution in [0.5, 0.6) is 0 Å². The number of carbonyl (C=O) groups is 1. The molecule has 2 rings (SSSR count). The Kier molecular flexibility index (Phi) is 5.94. The summed E-state index contributed by atoms with van der Waals surface area (Å²) in [5.41, 5.74) is 7.81. The summed E-state index contributed by atoms with van der Waals surface area (Å²) in [7, 11) is 0. The Morgan fingerprint density at radius 3 is 2.64 bits per heavy atom. The predicted molar refractivity (Wildman–Crippen MR) is 99.2 cm³/mol. The van der Waals surface area contributed by atoms with E-state index in [2.05, 4.69) is 23.2 Å². The lowest BCUT2D eigenvalue weighted by molar-refractivity contribution is -0.384. The van der Waals surface area contributed by atoms with Gasteiger partial charge in [0.2, 0.25) is 5.91 Å². The van der Waals surface area contributed by atoms with Crippen LogP contribution in [0.25, 0.3) is 0 Å². The molecule has 0 fully saturated rings. The fourth-order valence-electron chi connectivity index (χ4n) is 2.61. The molecule has 0 heterocycles. The minimum atomic E-state index is -0.689. The first-order valence-electron chi connectivity index (χ1n) is 8.06. The molecule has 0 aliphatic rings. The molecule has 2 aromatic rings. The van der Waals surface area contributed by atoms with Crippen molar-refractivity contribution in [3.8, 4) is 0 Å². The van der Waals surface area contributed by atoms with Crippen molar-refractivity contribution in [3.05, 3.63) is 63.7 Å². The Bertz CT molecular complexity index is 777. The summed E-state index contributed by atoms with van der Waals surface area (Å²) in [4.78, 5) is 24.1. The highest BCUT2D eigenvalue weighted by atomic mass is 16.6. The first-order chi connectivity index (χ1) is 11.9. The third-order valence-corrected chi connectivity index (χ3v) is 3.92. The Labute approximate surface area is 146 Å². The number of carbonyl (C=O) groups excluding carboxylic acids is 1. The topological polar surface area (TPSA) is 102 Å². The predicted octanol–water partition coefficient (Wildman–Crippen LogP) is 2.94. The zero-order valence-electron chi connectivity index (χ0n) is 14.4. The van der Waals surface area contributed by atoms with Gasteiger partial charge in [-0.25, -0.2) is 0 Å². The van der Waals surface area contributed by atoms with Crippen LogP contribution in [0, 0.1) is 17.0 Å². The van der Waals surface area contributed by atoms with Gasteiger partial charge in [-0.05, 0) is 43.7 Å². The zero-order valence-corrected chi connectivity index (χ0v) is 14.4. The Morgan fingerprint density at radius 1 is 1.28 bits per heavy atom. The number of primary amides is 1. The van der Waals surface area contributed by atoms with E-state index < -0.39 is 10.8 Å². The first kappa shape index (κ1) is 18.3. The number of hydrogen-bond donors (Lipinski definition) is 2. The Hall–Kier alpha value is -3.09. The average Bonchev–Trinajstić information content (AvgIpc) is 2.58. The molecule has 0 aliphatic heterocycles. The van der Waals surface area contributed by atoms with E-state index >= 15 is 0 Å². The quantitative estimate of drug-likeness (QED) is 0.567. The number of anilines is 2. The van der Waals surface area contributed by atoms with Crippen LogP contribution in [0.4, 0.5) is 17.1 Å². The summed E-state index contributed by atoms with van der Waals surface area (Å²) in [5.74, 6) is -0.689. The van der Waals surface area contributed by atoms with E-state index in [4.69, 9.17) is 5.73 Å². The molecule has 0 bridgehead atoms. The van der Waals surface area contributed by atoms with Gasteiger partial charge < -0.3 is 16.0 Å². The number of nitro groups is 1.